The molecule has 0 aromatic rings. The predicted octanol–water partition coefficient (Wildman–Crippen LogP) is -0.628. The molecule has 2 N–H and O–H groups in total. The van der Waals surface area contributed by atoms with E-state index in [9.17, 15) is 0 Å². The molecule has 1 saturated heterocycles. The summed E-state index contributed by atoms with van der Waals surface area (Å²) in [6.07, 6.45) is 0.439. The van der Waals surface area contributed by atoms with E-state index < -0.39 is 0 Å². The van der Waals surface area contributed by atoms with Crippen LogP contribution in [0.4, 0.5) is 0 Å². The van der Waals surface area contributed by atoms with E-state index in [0.29, 0.717) is 6.17 Å². The first kappa shape index (κ1) is 6.01. The van der Waals surface area contributed by atoms with Crippen LogP contribution in [-0.4, -0.2) is 31.3 Å². The van der Waals surface area contributed by atoms with Crippen LogP contribution in [0.25, 0.3) is 0 Å². The fraction of sp³-hybridized carbons (Fsp3) is 1.00. The van der Waals surface area contributed by atoms with Crippen LogP contribution in [-0.2, 0) is 0 Å². The van der Waals surface area contributed by atoms with Crippen LogP contribution < -0.4 is 10.7 Å². The van der Waals surface area contributed by atoms with Crippen molar-refractivity contribution in [1.82, 2.24) is 15.8 Å². The van der Waals surface area contributed by atoms with Gasteiger partial charge in [-0.1, -0.05) is 0 Å². The van der Waals surface area contributed by atoms with Crippen LogP contribution in [0.2, 0.25) is 0 Å². The third-order valence-corrected chi connectivity index (χ3v) is 1.31. The van der Waals surface area contributed by atoms with E-state index in [2.05, 4.69) is 29.7 Å². The first-order valence-electron chi connectivity index (χ1n) is 3.00. The van der Waals surface area contributed by atoms with Gasteiger partial charge in [-0.05, 0) is 6.92 Å². The van der Waals surface area contributed by atoms with Gasteiger partial charge >= 0.3 is 0 Å². The molecule has 0 spiro atoms. The largest absolute Gasteiger partial charge is 0.300 e. The van der Waals surface area contributed by atoms with E-state index >= 15 is 0 Å². The predicted molar refractivity (Wildman–Crippen MR) is 33.2 cm³/mol. The molecule has 1 aliphatic heterocycles. The Balaban J connectivity index is 2.23. The lowest BCUT2D eigenvalue weighted by Crippen LogP contribution is -2.56. The molecular formula is C5H13N3. The van der Waals surface area contributed by atoms with Crippen molar-refractivity contribution in [3.05, 3.63) is 0 Å². The lowest BCUT2D eigenvalue weighted by Gasteiger charge is -2.29. The van der Waals surface area contributed by atoms with E-state index in [1.165, 1.54) is 0 Å². The molecule has 0 amide bonds. The van der Waals surface area contributed by atoms with Gasteiger partial charge < -0.3 is 0 Å². The molecule has 0 bridgehead atoms. The summed E-state index contributed by atoms with van der Waals surface area (Å²) in [6, 6.07) is 0. The zero-order valence-corrected chi connectivity index (χ0v) is 5.44. The average Bonchev–Trinajstić information content (AvgIpc) is 1.64. The second-order valence-corrected chi connectivity index (χ2v) is 2.23. The van der Waals surface area contributed by atoms with Gasteiger partial charge in [-0.25, -0.2) is 10.4 Å². The number of hydrazine groups is 1. The Morgan fingerprint density at radius 3 is 2.75 bits per heavy atom. The van der Waals surface area contributed by atoms with Crippen molar-refractivity contribution < 1.29 is 0 Å². The summed E-state index contributed by atoms with van der Waals surface area (Å²) in [4.78, 5) is 0. The first-order valence-corrected chi connectivity index (χ1v) is 3.00. The fourth-order valence-electron chi connectivity index (χ4n) is 0.890. The Bertz CT molecular complexity index is 66.1. The number of hydrogen-bond donors (Lipinski definition) is 2. The Labute approximate surface area is 50.0 Å². The highest BCUT2D eigenvalue weighted by Crippen LogP contribution is 1.84. The topological polar surface area (TPSA) is 27.3 Å². The average molecular weight is 115 g/mol. The summed E-state index contributed by atoms with van der Waals surface area (Å²) < 4.78 is 0. The molecule has 3 nitrogen and oxygen atoms in total. The zero-order chi connectivity index (χ0) is 5.98. The molecule has 48 valence electrons. The Hall–Kier alpha value is -0.120. The Kier molecular flexibility index (Phi) is 1.83. The first-order chi connectivity index (χ1) is 3.79. The molecule has 1 rings (SSSR count). The monoisotopic (exact) mass is 115 g/mol. The molecule has 1 fully saturated rings. The van der Waals surface area contributed by atoms with Crippen molar-refractivity contribution in [2.75, 3.05) is 20.1 Å². The van der Waals surface area contributed by atoms with Crippen LogP contribution in [0.1, 0.15) is 6.92 Å². The number of likely N-dealkylation sites (N-methyl/N-ethyl adjacent to an activating group) is 1. The summed E-state index contributed by atoms with van der Waals surface area (Å²) in [7, 11) is 2.05. The maximum absolute atomic E-state index is 3.26. The number of hydrogen-bond acceptors (Lipinski definition) is 3. The highest BCUT2D eigenvalue weighted by molar-refractivity contribution is 4.63. The highest BCUT2D eigenvalue weighted by atomic mass is 15.5. The summed E-state index contributed by atoms with van der Waals surface area (Å²) >= 11 is 0. The van der Waals surface area contributed by atoms with Crippen molar-refractivity contribution in [1.29, 1.82) is 0 Å². The molecule has 3 heteroatoms. The summed E-state index contributed by atoms with van der Waals surface area (Å²) in [6.45, 7) is 4.28. The zero-order valence-electron chi connectivity index (χ0n) is 5.44. The van der Waals surface area contributed by atoms with Gasteiger partial charge in [-0.3, -0.25) is 5.32 Å². The van der Waals surface area contributed by atoms with Crippen molar-refractivity contribution in [2.45, 2.75) is 13.1 Å². The van der Waals surface area contributed by atoms with Crippen molar-refractivity contribution in [3.63, 3.8) is 0 Å². The molecule has 1 atom stereocenters. The molecule has 1 aliphatic rings. The van der Waals surface area contributed by atoms with Crippen LogP contribution in [0.3, 0.4) is 0 Å². The van der Waals surface area contributed by atoms with Gasteiger partial charge in [0.05, 0.1) is 6.17 Å². The van der Waals surface area contributed by atoms with Gasteiger partial charge in [-0.15, -0.1) is 0 Å². The lowest BCUT2D eigenvalue weighted by molar-refractivity contribution is 0.146. The lowest BCUT2D eigenvalue weighted by atomic mass is 10.5. The third-order valence-electron chi connectivity index (χ3n) is 1.31. The van der Waals surface area contributed by atoms with E-state index in [0.717, 1.165) is 13.1 Å². The third kappa shape index (κ3) is 1.43. The number of nitrogens with one attached hydrogen (secondary N) is 2. The minimum Gasteiger partial charge on any atom is -0.300 e. The van der Waals surface area contributed by atoms with Gasteiger partial charge in [0.25, 0.3) is 0 Å². The van der Waals surface area contributed by atoms with Crippen molar-refractivity contribution >= 4 is 0 Å². The SMILES string of the molecule is CC1NCCN(C)N1. The Morgan fingerprint density at radius 1 is 1.62 bits per heavy atom. The van der Waals surface area contributed by atoms with E-state index in [-0.39, 0.29) is 0 Å². The van der Waals surface area contributed by atoms with Gasteiger partial charge in [0.2, 0.25) is 0 Å². The van der Waals surface area contributed by atoms with Crippen LogP contribution in [0.15, 0.2) is 0 Å². The minimum absolute atomic E-state index is 0.439. The fourth-order valence-corrected chi connectivity index (χ4v) is 0.890. The molecule has 0 aromatic carbocycles. The van der Waals surface area contributed by atoms with Crippen LogP contribution >= 0.6 is 0 Å². The standard InChI is InChI=1S/C5H13N3/c1-5-6-3-4-8(2)7-5/h5-7H,3-4H2,1-2H3. The van der Waals surface area contributed by atoms with Crippen LogP contribution in [0, 0.1) is 0 Å². The van der Waals surface area contributed by atoms with Crippen LogP contribution in [0.5, 0.6) is 0 Å². The van der Waals surface area contributed by atoms with Gasteiger partial charge in [0.15, 0.2) is 0 Å². The second kappa shape index (κ2) is 2.44. The smallest absolute Gasteiger partial charge is 0.0678 e. The molecular weight excluding hydrogens is 102 g/mol. The summed E-state index contributed by atoms with van der Waals surface area (Å²) in [5.74, 6) is 0. The van der Waals surface area contributed by atoms with E-state index in [1.54, 1.807) is 0 Å². The van der Waals surface area contributed by atoms with Crippen molar-refractivity contribution in [2.24, 2.45) is 0 Å². The van der Waals surface area contributed by atoms with Gasteiger partial charge in [0, 0.05) is 20.1 Å². The maximum Gasteiger partial charge on any atom is 0.0678 e. The van der Waals surface area contributed by atoms with E-state index in [4.69, 9.17) is 0 Å². The second-order valence-electron chi connectivity index (χ2n) is 2.23. The molecule has 8 heavy (non-hydrogen) atoms. The molecule has 0 aliphatic carbocycles. The summed E-state index contributed by atoms with van der Waals surface area (Å²) in [5, 5.41) is 5.36. The van der Waals surface area contributed by atoms with Gasteiger partial charge in [-0.2, -0.15) is 0 Å². The number of nitrogens with zero attached hydrogens (tertiary/aromatic N) is 1. The van der Waals surface area contributed by atoms with Gasteiger partial charge in [0.1, 0.15) is 0 Å². The normalized spacial score (nSPS) is 33.0. The summed E-state index contributed by atoms with van der Waals surface area (Å²) in [5.41, 5.74) is 3.20. The van der Waals surface area contributed by atoms with E-state index in [1.807, 2.05) is 0 Å². The Morgan fingerprint density at radius 2 is 2.38 bits per heavy atom. The minimum atomic E-state index is 0.439. The number of rotatable bonds is 0. The highest BCUT2D eigenvalue weighted by Gasteiger charge is 2.08. The molecule has 0 saturated carbocycles. The molecule has 1 unspecified atom stereocenters. The molecule has 0 aromatic heterocycles. The molecule has 1 heterocycles. The quantitative estimate of drug-likeness (QED) is 0.440. The molecule has 0 radical (unpaired) electrons. The van der Waals surface area contributed by atoms with Crippen molar-refractivity contribution in [3.8, 4) is 0 Å². The maximum atomic E-state index is 3.26.